The number of methoxy groups -OCH3 is 1. The molecule has 9 heteroatoms. The summed E-state index contributed by atoms with van der Waals surface area (Å²) < 4.78 is 16.2. The van der Waals surface area contributed by atoms with Crippen LogP contribution in [0.5, 0.6) is 11.5 Å². The van der Waals surface area contributed by atoms with Gasteiger partial charge in [0.1, 0.15) is 11.5 Å². The minimum atomic E-state index is -0.416. The summed E-state index contributed by atoms with van der Waals surface area (Å²) in [6.45, 7) is 2.13. The van der Waals surface area contributed by atoms with Crippen LogP contribution in [0.25, 0.3) is 0 Å². The molecule has 0 bridgehead atoms. The lowest BCUT2D eigenvalue weighted by molar-refractivity contribution is -0.118. The van der Waals surface area contributed by atoms with Crippen molar-refractivity contribution in [3.8, 4) is 11.5 Å². The van der Waals surface area contributed by atoms with Gasteiger partial charge < -0.3 is 18.8 Å². The van der Waals surface area contributed by atoms with Crippen molar-refractivity contribution in [3.05, 3.63) is 60.0 Å². The first-order valence-corrected chi connectivity index (χ1v) is 9.79. The number of amides is 2. The third-order valence-electron chi connectivity index (χ3n) is 5.00. The third kappa shape index (κ3) is 4.66. The van der Waals surface area contributed by atoms with Crippen LogP contribution in [0.1, 0.15) is 23.8 Å². The minimum absolute atomic E-state index is 0.0243. The van der Waals surface area contributed by atoms with Crippen LogP contribution in [0.4, 0.5) is 11.7 Å². The summed E-state index contributed by atoms with van der Waals surface area (Å²) in [5, 5.41) is 10.4. The van der Waals surface area contributed by atoms with Crippen molar-refractivity contribution in [2.24, 2.45) is 0 Å². The SMILES string of the molecule is COc1ccc(N2CC(c3nnc(NC(=O)COc4ccccc4C)o3)CC2=O)cc1. The average Bonchev–Trinajstić information content (AvgIpc) is 3.40. The van der Waals surface area contributed by atoms with Gasteiger partial charge in [0.25, 0.3) is 5.91 Å². The van der Waals surface area contributed by atoms with Crippen LogP contribution < -0.4 is 19.7 Å². The molecule has 0 saturated carbocycles. The van der Waals surface area contributed by atoms with Crippen LogP contribution in [-0.2, 0) is 9.59 Å². The maximum Gasteiger partial charge on any atom is 0.322 e. The van der Waals surface area contributed by atoms with Gasteiger partial charge in [-0.25, -0.2) is 0 Å². The van der Waals surface area contributed by atoms with E-state index in [4.69, 9.17) is 13.9 Å². The number of nitrogens with one attached hydrogen (secondary N) is 1. The van der Waals surface area contributed by atoms with Crippen molar-refractivity contribution < 1.29 is 23.5 Å². The Morgan fingerprint density at radius 1 is 1.19 bits per heavy atom. The van der Waals surface area contributed by atoms with E-state index in [0.29, 0.717) is 18.2 Å². The summed E-state index contributed by atoms with van der Waals surface area (Å²) in [5.74, 6) is 0.949. The number of benzene rings is 2. The molecule has 160 valence electrons. The highest BCUT2D eigenvalue weighted by Gasteiger charge is 2.35. The van der Waals surface area contributed by atoms with Gasteiger partial charge >= 0.3 is 6.01 Å². The highest BCUT2D eigenvalue weighted by Crippen LogP contribution is 2.32. The molecule has 1 aliphatic heterocycles. The Bertz CT molecular complexity index is 1080. The number of hydrogen-bond donors (Lipinski definition) is 1. The molecule has 0 radical (unpaired) electrons. The number of para-hydroxylation sites is 1. The van der Waals surface area contributed by atoms with E-state index >= 15 is 0 Å². The number of carbonyl (C=O) groups is 2. The van der Waals surface area contributed by atoms with Crippen LogP contribution in [0, 0.1) is 6.92 Å². The zero-order chi connectivity index (χ0) is 21.8. The number of ether oxygens (including phenoxy) is 2. The van der Waals surface area contributed by atoms with E-state index in [-0.39, 0.29) is 30.9 Å². The largest absolute Gasteiger partial charge is 0.497 e. The Balaban J connectivity index is 1.34. The Morgan fingerprint density at radius 2 is 1.97 bits per heavy atom. The van der Waals surface area contributed by atoms with Gasteiger partial charge in [0.05, 0.1) is 13.0 Å². The van der Waals surface area contributed by atoms with Gasteiger partial charge in [-0.3, -0.25) is 14.9 Å². The number of anilines is 2. The van der Waals surface area contributed by atoms with Gasteiger partial charge in [0.2, 0.25) is 11.8 Å². The maximum atomic E-state index is 12.5. The number of nitrogens with zero attached hydrogens (tertiary/aromatic N) is 3. The minimum Gasteiger partial charge on any atom is -0.497 e. The standard InChI is InChI=1S/C22H22N4O5/c1-14-5-3-4-6-18(14)30-13-19(27)23-22-25-24-21(31-22)15-11-20(28)26(12-15)16-7-9-17(29-2)10-8-16/h3-10,15H,11-13H2,1-2H3,(H,23,25,27). The Hall–Kier alpha value is -3.88. The number of aromatic nitrogens is 2. The van der Waals surface area contributed by atoms with Crippen molar-refractivity contribution in [1.82, 2.24) is 10.2 Å². The molecule has 2 heterocycles. The van der Waals surface area contributed by atoms with E-state index in [1.54, 1.807) is 30.2 Å². The summed E-state index contributed by atoms with van der Waals surface area (Å²) >= 11 is 0. The van der Waals surface area contributed by atoms with Crippen LogP contribution >= 0.6 is 0 Å². The fourth-order valence-electron chi connectivity index (χ4n) is 3.35. The fourth-order valence-corrected chi connectivity index (χ4v) is 3.35. The zero-order valence-electron chi connectivity index (χ0n) is 17.2. The monoisotopic (exact) mass is 422 g/mol. The molecule has 4 rings (SSSR count). The van der Waals surface area contributed by atoms with Gasteiger partial charge in [-0.15, -0.1) is 5.10 Å². The molecule has 1 aromatic heterocycles. The normalized spacial score (nSPS) is 15.7. The zero-order valence-corrected chi connectivity index (χ0v) is 17.2. The molecule has 9 nitrogen and oxygen atoms in total. The summed E-state index contributed by atoms with van der Waals surface area (Å²) in [5.41, 5.74) is 1.71. The van der Waals surface area contributed by atoms with E-state index < -0.39 is 5.91 Å². The molecule has 1 N–H and O–H groups in total. The second-order valence-electron chi connectivity index (χ2n) is 7.15. The number of rotatable bonds is 7. The smallest absolute Gasteiger partial charge is 0.322 e. The fraction of sp³-hybridized carbons (Fsp3) is 0.273. The molecule has 1 unspecified atom stereocenters. The van der Waals surface area contributed by atoms with E-state index in [9.17, 15) is 9.59 Å². The molecule has 2 amide bonds. The van der Waals surface area contributed by atoms with E-state index in [2.05, 4.69) is 15.5 Å². The molecule has 0 aliphatic carbocycles. The van der Waals surface area contributed by atoms with Gasteiger partial charge in [-0.2, -0.15) is 0 Å². The molecule has 3 aromatic rings. The molecule has 1 fully saturated rings. The first kappa shape index (κ1) is 20.4. The van der Waals surface area contributed by atoms with Crippen LogP contribution in [0.3, 0.4) is 0 Å². The summed E-state index contributed by atoms with van der Waals surface area (Å²) in [7, 11) is 1.59. The summed E-state index contributed by atoms with van der Waals surface area (Å²) in [4.78, 5) is 26.3. The highest BCUT2D eigenvalue weighted by atomic mass is 16.5. The van der Waals surface area contributed by atoms with Gasteiger partial charge in [-0.05, 0) is 42.8 Å². The molecule has 0 spiro atoms. The lowest BCUT2D eigenvalue weighted by atomic mass is 10.1. The van der Waals surface area contributed by atoms with Gasteiger partial charge in [0, 0.05) is 18.7 Å². The van der Waals surface area contributed by atoms with E-state index in [1.165, 1.54) is 0 Å². The average molecular weight is 422 g/mol. The number of aryl methyl sites for hydroxylation is 1. The predicted octanol–water partition coefficient (Wildman–Crippen LogP) is 2.92. The molecule has 31 heavy (non-hydrogen) atoms. The lowest BCUT2D eigenvalue weighted by Crippen LogP contribution is -2.24. The second-order valence-corrected chi connectivity index (χ2v) is 7.15. The van der Waals surface area contributed by atoms with Crippen LogP contribution in [0.2, 0.25) is 0 Å². The molecule has 1 atom stereocenters. The molecular weight excluding hydrogens is 400 g/mol. The van der Waals surface area contributed by atoms with E-state index in [1.807, 2.05) is 37.3 Å². The van der Waals surface area contributed by atoms with Gasteiger partial charge in [0.15, 0.2) is 6.61 Å². The molecule has 1 saturated heterocycles. The number of hydrogen-bond acceptors (Lipinski definition) is 7. The molecular formula is C22H22N4O5. The van der Waals surface area contributed by atoms with Crippen molar-refractivity contribution in [3.63, 3.8) is 0 Å². The van der Waals surface area contributed by atoms with Crippen LogP contribution in [-0.4, -0.2) is 42.3 Å². The molecule has 1 aliphatic rings. The Labute approximate surface area is 179 Å². The van der Waals surface area contributed by atoms with Crippen molar-refractivity contribution >= 4 is 23.5 Å². The highest BCUT2D eigenvalue weighted by molar-refractivity contribution is 5.96. The first-order chi connectivity index (χ1) is 15.0. The van der Waals surface area contributed by atoms with E-state index in [0.717, 1.165) is 17.0 Å². The molecule has 2 aromatic carbocycles. The summed E-state index contributed by atoms with van der Waals surface area (Å²) in [6, 6.07) is 14.7. The lowest BCUT2D eigenvalue weighted by Gasteiger charge is -2.16. The van der Waals surface area contributed by atoms with Crippen molar-refractivity contribution in [2.75, 3.05) is 30.5 Å². The second kappa shape index (κ2) is 8.86. The van der Waals surface area contributed by atoms with Crippen molar-refractivity contribution in [1.29, 1.82) is 0 Å². The van der Waals surface area contributed by atoms with Gasteiger partial charge in [-0.1, -0.05) is 23.3 Å². The van der Waals surface area contributed by atoms with Crippen LogP contribution in [0.15, 0.2) is 52.9 Å². The predicted molar refractivity (Wildman–Crippen MR) is 112 cm³/mol. The number of carbonyl (C=O) groups excluding carboxylic acids is 2. The Kier molecular flexibility index (Phi) is 5.83. The quantitative estimate of drug-likeness (QED) is 0.624. The summed E-state index contributed by atoms with van der Waals surface area (Å²) in [6.07, 6.45) is 0.248. The third-order valence-corrected chi connectivity index (χ3v) is 5.00. The van der Waals surface area contributed by atoms with Crippen molar-refractivity contribution in [2.45, 2.75) is 19.3 Å². The topological polar surface area (TPSA) is 107 Å². The Morgan fingerprint density at radius 3 is 2.71 bits per heavy atom. The maximum absolute atomic E-state index is 12.5. The first-order valence-electron chi connectivity index (χ1n) is 9.79.